The zero-order valence-electron chi connectivity index (χ0n) is 11.2. The summed E-state index contributed by atoms with van der Waals surface area (Å²) in [7, 11) is 2.24. The molecular formula is C13H28N2O. The van der Waals surface area contributed by atoms with Gasteiger partial charge >= 0.3 is 0 Å². The predicted molar refractivity (Wildman–Crippen MR) is 68.8 cm³/mol. The zero-order valence-corrected chi connectivity index (χ0v) is 11.2. The molecule has 1 saturated heterocycles. The minimum absolute atomic E-state index is 0.634. The number of hydrogen-bond donors (Lipinski definition) is 1. The summed E-state index contributed by atoms with van der Waals surface area (Å²) in [5, 5.41) is 3.49. The van der Waals surface area contributed by atoms with Crippen LogP contribution in [0.3, 0.4) is 0 Å². The lowest BCUT2D eigenvalue weighted by molar-refractivity contribution is 0.0514. The normalized spacial score (nSPS) is 20.2. The number of likely N-dealkylation sites (N-methyl/N-ethyl adjacent to an activating group) is 1. The van der Waals surface area contributed by atoms with Gasteiger partial charge in [-0.2, -0.15) is 0 Å². The third-order valence-electron chi connectivity index (χ3n) is 3.51. The molecule has 0 aliphatic carbocycles. The van der Waals surface area contributed by atoms with Crippen molar-refractivity contribution >= 4 is 0 Å². The average Bonchev–Trinajstić information content (AvgIpc) is 2.30. The first kappa shape index (κ1) is 13.9. The minimum Gasteiger partial charge on any atom is -0.381 e. The first-order chi connectivity index (χ1) is 7.74. The van der Waals surface area contributed by atoms with Crippen LogP contribution in [0.5, 0.6) is 0 Å². The van der Waals surface area contributed by atoms with Gasteiger partial charge in [0.15, 0.2) is 0 Å². The van der Waals surface area contributed by atoms with Crippen LogP contribution in [0, 0.1) is 5.92 Å². The van der Waals surface area contributed by atoms with E-state index in [2.05, 4.69) is 31.1 Å². The van der Waals surface area contributed by atoms with Gasteiger partial charge in [-0.1, -0.05) is 6.92 Å². The molecule has 0 radical (unpaired) electrons. The van der Waals surface area contributed by atoms with Gasteiger partial charge in [-0.3, -0.25) is 0 Å². The van der Waals surface area contributed by atoms with Crippen molar-refractivity contribution in [2.24, 2.45) is 5.92 Å². The van der Waals surface area contributed by atoms with E-state index in [1.807, 2.05) is 0 Å². The summed E-state index contributed by atoms with van der Waals surface area (Å²) in [4.78, 5) is 2.48. The van der Waals surface area contributed by atoms with Gasteiger partial charge in [0.1, 0.15) is 0 Å². The molecule has 0 aromatic heterocycles. The Morgan fingerprint density at radius 2 is 2.06 bits per heavy atom. The van der Waals surface area contributed by atoms with Crippen molar-refractivity contribution in [2.75, 3.05) is 39.9 Å². The van der Waals surface area contributed by atoms with Crippen LogP contribution >= 0.6 is 0 Å². The summed E-state index contributed by atoms with van der Waals surface area (Å²) in [6, 6.07) is 0.634. The van der Waals surface area contributed by atoms with Crippen LogP contribution in [0.4, 0.5) is 0 Å². The van der Waals surface area contributed by atoms with Crippen molar-refractivity contribution in [3.05, 3.63) is 0 Å². The standard InChI is InChI=1S/C13H28N2O/c1-4-7-14-10-12(2)15(3)11-13-5-8-16-9-6-13/h12-14H,4-11H2,1-3H3. The van der Waals surface area contributed by atoms with Gasteiger partial charge in [0.2, 0.25) is 0 Å². The van der Waals surface area contributed by atoms with Gasteiger partial charge < -0.3 is 15.0 Å². The number of rotatable bonds is 7. The number of hydrogen-bond acceptors (Lipinski definition) is 3. The van der Waals surface area contributed by atoms with Crippen LogP contribution < -0.4 is 5.32 Å². The lowest BCUT2D eigenvalue weighted by Crippen LogP contribution is -2.41. The molecule has 1 aliphatic rings. The highest BCUT2D eigenvalue weighted by atomic mass is 16.5. The van der Waals surface area contributed by atoms with Gasteiger partial charge in [-0.15, -0.1) is 0 Å². The smallest absolute Gasteiger partial charge is 0.0469 e. The van der Waals surface area contributed by atoms with Crippen LogP contribution in [0.25, 0.3) is 0 Å². The maximum Gasteiger partial charge on any atom is 0.0469 e. The van der Waals surface area contributed by atoms with Crippen LogP contribution in [-0.2, 0) is 4.74 Å². The van der Waals surface area contributed by atoms with Gasteiger partial charge in [-0.25, -0.2) is 0 Å². The maximum absolute atomic E-state index is 5.39. The van der Waals surface area contributed by atoms with E-state index in [1.165, 1.54) is 25.8 Å². The molecule has 1 N–H and O–H groups in total. The van der Waals surface area contributed by atoms with E-state index in [0.717, 1.165) is 32.2 Å². The lowest BCUT2D eigenvalue weighted by Gasteiger charge is -2.31. The molecule has 3 nitrogen and oxygen atoms in total. The summed E-state index contributed by atoms with van der Waals surface area (Å²) in [5.74, 6) is 0.840. The van der Waals surface area contributed by atoms with Crippen molar-refractivity contribution in [3.63, 3.8) is 0 Å². The maximum atomic E-state index is 5.39. The second kappa shape index (κ2) is 8.04. The monoisotopic (exact) mass is 228 g/mol. The SMILES string of the molecule is CCCNCC(C)N(C)CC1CCOCC1. The Bertz CT molecular complexity index is 169. The molecule has 3 heteroatoms. The Morgan fingerprint density at radius 3 is 2.69 bits per heavy atom. The van der Waals surface area contributed by atoms with Crippen LogP contribution in [-0.4, -0.2) is 50.8 Å². The fourth-order valence-corrected chi connectivity index (χ4v) is 2.16. The first-order valence-corrected chi connectivity index (χ1v) is 6.72. The van der Waals surface area contributed by atoms with Gasteiger partial charge in [0.25, 0.3) is 0 Å². The number of ether oxygens (including phenoxy) is 1. The molecule has 1 fully saturated rings. The average molecular weight is 228 g/mol. The molecule has 96 valence electrons. The minimum atomic E-state index is 0.634. The van der Waals surface area contributed by atoms with E-state index in [-0.39, 0.29) is 0 Å². The van der Waals surface area contributed by atoms with Crippen molar-refractivity contribution in [1.82, 2.24) is 10.2 Å². The molecule has 16 heavy (non-hydrogen) atoms. The van der Waals surface area contributed by atoms with E-state index in [1.54, 1.807) is 0 Å². The van der Waals surface area contributed by atoms with E-state index < -0.39 is 0 Å². The Balaban J connectivity index is 2.14. The van der Waals surface area contributed by atoms with E-state index >= 15 is 0 Å². The Labute approximate surface area is 101 Å². The second-order valence-corrected chi connectivity index (χ2v) is 5.05. The lowest BCUT2D eigenvalue weighted by atomic mass is 9.99. The van der Waals surface area contributed by atoms with Crippen LogP contribution in [0.1, 0.15) is 33.1 Å². The Morgan fingerprint density at radius 1 is 1.38 bits per heavy atom. The molecule has 1 unspecified atom stereocenters. The zero-order chi connectivity index (χ0) is 11.8. The van der Waals surface area contributed by atoms with Crippen molar-refractivity contribution < 1.29 is 4.74 Å². The molecule has 0 bridgehead atoms. The summed E-state index contributed by atoms with van der Waals surface area (Å²) < 4.78 is 5.39. The van der Waals surface area contributed by atoms with E-state index in [4.69, 9.17) is 4.74 Å². The fourth-order valence-electron chi connectivity index (χ4n) is 2.16. The summed E-state index contributed by atoms with van der Waals surface area (Å²) >= 11 is 0. The highest BCUT2D eigenvalue weighted by molar-refractivity contribution is 4.72. The van der Waals surface area contributed by atoms with Crippen LogP contribution in [0.15, 0.2) is 0 Å². The van der Waals surface area contributed by atoms with Gasteiger partial charge in [-0.05, 0) is 45.7 Å². The molecule has 0 saturated carbocycles. The van der Waals surface area contributed by atoms with Crippen molar-refractivity contribution in [3.8, 4) is 0 Å². The van der Waals surface area contributed by atoms with E-state index in [0.29, 0.717) is 6.04 Å². The first-order valence-electron chi connectivity index (χ1n) is 6.72. The quantitative estimate of drug-likeness (QED) is 0.672. The molecule has 0 aromatic rings. The van der Waals surface area contributed by atoms with E-state index in [9.17, 15) is 0 Å². The van der Waals surface area contributed by atoms with Crippen molar-refractivity contribution in [2.45, 2.75) is 39.2 Å². The summed E-state index contributed by atoms with van der Waals surface area (Å²) in [6.45, 7) is 9.90. The fraction of sp³-hybridized carbons (Fsp3) is 1.00. The highest BCUT2D eigenvalue weighted by Crippen LogP contribution is 2.16. The third-order valence-corrected chi connectivity index (χ3v) is 3.51. The predicted octanol–water partition coefficient (Wildman–Crippen LogP) is 1.73. The molecule has 1 rings (SSSR count). The third kappa shape index (κ3) is 5.28. The molecule has 0 spiro atoms. The Kier molecular flexibility index (Phi) is 7.01. The number of nitrogens with zero attached hydrogens (tertiary/aromatic N) is 1. The molecule has 0 amide bonds. The number of nitrogens with one attached hydrogen (secondary N) is 1. The molecular weight excluding hydrogens is 200 g/mol. The molecule has 1 aliphatic heterocycles. The Hall–Kier alpha value is -0.120. The van der Waals surface area contributed by atoms with Gasteiger partial charge in [0.05, 0.1) is 0 Å². The van der Waals surface area contributed by atoms with Crippen molar-refractivity contribution in [1.29, 1.82) is 0 Å². The summed E-state index contributed by atoms with van der Waals surface area (Å²) in [5.41, 5.74) is 0. The van der Waals surface area contributed by atoms with Gasteiger partial charge in [0, 0.05) is 32.3 Å². The molecule has 1 heterocycles. The summed E-state index contributed by atoms with van der Waals surface area (Å²) in [6.07, 6.45) is 3.69. The topological polar surface area (TPSA) is 24.5 Å². The second-order valence-electron chi connectivity index (χ2n) is 5.05. The largest absolute Gasteiger partial charge is 0.381 e. The molecule has 0 aromatic carbocycles. The van der Waals surface area contributed by atoms with Crippen LogP contribution in [0.2, 0.25) is 0 Å². The highest BCUT2D eigenvalue weighted by Gasteiger charge is 2.18. The molecule has 1 atom stereocenters.